The van der Waals surface area contributed by atoms with E-state index in [1.165, 1.54) is 0 Å². The van der Waals surface area contributed by atoms with Crippen molar-refractivity contribution in [2.24, 2.45) is 5.92 Å². The van der Waals surface area contributed by atoms with Crippen LogP contribution in [0.5, 0.6) is 0 Å². The van der Waals surface area contributed by atoms with Gasteiger partial charge in [-0.3, -0.25) is 0 Å². The molecular formula is C13H16O4. The molecule has 1 aliphatic heterocycles. The van der Waals surface area contributed by atoms with Crippen molar-refractivity contribution in [1.82, 2.24) is 0 Å². The van der Waals surface area contributed by atoms with Crippen molar-refractivity contribution >= 4 is 6.16 Å². The molecule has 4 nitrogen and oxygen atoms in total. The first-order valence-electron chi connectivity index (χ1n) is 5.65. The van der Waals surface area contributed by atoms with Gasteiger partial charge in [0.2, 0.25) is 0 Å². The van der Waals surface area contributed by atoms with E-state index in [0.29, 0.717) is 0 Å². The predicted molar refractivity (Wildman–Crippen MR) is 61.4 cm³/mol. The number of benzene rings is 1. The van der Waals surface area contributed by atoms with Gasteiger partial charge in [0.15, 0.2) is 5.60 Å². The molecular weight excluding hydrogens is 220 g/mol. The molecule has 1 heterocycles. The van der Waals surface area contributed by atoms with Gasteiger partial charge < -0.3 is 14.6 Å². The zero-order valence-electron chi connectivity index (χ0n) is 9.92. The molecule has 1 fully saturated rings. The number of hydrogen-bond donors (Lipinski definition) is 1. The van der Waals surface area contributed by atoms with Gasteiger partial charge in [-0.15, -0.1) is 0 Å². The van der Waals surface area contributed by atoms with Crippen molar-refractivity contribution in [3.05, 3.63) is 35.9 Å². The summed E-state index contributed by atoms with van der Waals surface area (Å²) in [4.78, 5) is 11.1. The van der Waals surface area contributed by atoms with Crippen molar-refractivity contribution in [3.8, 4) is 0 Å². The van der Waals surface area contributed by atoms with Crippen LogP contribution < -0.4 is 0 Å². The van der Waals surface area contributed by atoms with Crippen molar-refractivity contribution in [2.75, 3.05) is 6.61 Å². The van der Waals surface area contributed by atoms with Crippen LogP contribution in [0.15, 0.2) is 30.3 Å². The third kappa shape index (κ3) is 2.00. The monoisotopic (exact) mass is 236 g/mol. The quantitative estimate of drug-likeness (QED) is 0.818. The van der Waals surface area contributed by atoms with E-state index in [9.17, 15) is 9.90 Å². The number of aliphatic hydroxyl groups excluding tert-OH is 1. The number of carbonyl (C=O) groups is 1. The van der Waals surface area contributed by atoms with Gasteiger partial charge in [0.05, 0.1) is 0 Å². The van der Waals surface area contributed by atoms with E-state index < -0.39 is 17.9 Å². The second-order valence-corrected chi connectivity index (χ2v) is 4.56. The van der Waals surface area contributed by atoms with Crippen molar-refractivity contribution < 1.29 is 19.4 Å². The second kappa shape index (κ2) is 4.37. The zero-order valence-corrected chi connectivity index (χ0v) is 9.92. The Labute approximate surface area is 100 Å². The molecule has 1 N–H and O–H groups in total. The molecule has 2 rings (SSSR count). The van der Waals surface area contributed by atoms with Gasteiger partial charge in [-0.25, -0.2) is 4.79 Å². The first-order valence-corrected chi connectivity index (χ1v) is 5.65. The van der Waals surface area contributed by atoms with Gasteiger partial charge in [-0.05, 0) is 11.5 Å². The third-order valence-electron chi connectivity index (χ3n) is 3.24. The van der Waals surface area contributed by atoms with Crippen LogP contribution in [0.4, 0.5) is 4.79 Å². The molecule has 1 aromatic carbocycles. The third-order valence-corrected chi connectivity index (χ3v) is 3.24. The molecule has 0 aromatic heterocycles. The lowest BCUT2D eigenvalue weighted by Crippen LogP contribution is -2.44. The first kappa shape index (κ1) is 11.9. The maximum Gasteiger partial charge on any atom is 0.509 e. The molecule has 0 unspecified atom stereocenters. The van der Waals surface area contributed by atoms with Crippen LogP contribution >= 0.6 is 0 Å². The Hall–Kier alpha value is -1.55. The smallest absolute Gasteiger partial charge is 0.430 e. The molecule has 0 amide bonds. The normalized spacial score (nSPS) is 25.5. The molecule has 1 saturated heterocycles. The predicted octanol–water partition coefficient (Wildman–Crippen LogP) is 2.28. The highest BCUT2D eigenvalue weighted by Gasteiger charge is 2.51. The largest absolute Gasteiger partial charge is 0.509 e. The lowest BCUT2D eigenvalue weighted by molar-refractivity contribution is -0.0854. The average Bonchev–Trinajstić information content (AvgIpc) is 2.73. The molecule has 0 radical (unpaired) electrons. The summed E-state index contributed by atoms with van der Waals surface area (Å²) in [5.74, 6) is -0.0378. The van der Waals surface area contributed by atoms with E-state index in [-0.39, 0.29) is 12.5 Å². The average molecular weight is 236 g/mol. The highest BCUT2D eigenvalue weighted by Crippen LogP contribution is 2.39. The molecule has 4 heteroatoms. The molecule has 0 saturated carbocycles. The number of cyclic esters (lactones) is 2. The lowest BCUT2D eigenvalue weighted by Gasteiger charge is -2.34. The number of aliphatic hydroxyl groups is 1. The van der Waals surface area contributed by atoms with Crippen LogP contribution in [0, 0.1) is 5.92 Å². The van der Waals surface area contributed by atoms with Crippen molar-refractivity contribution in [1.29, 1.82) is 0 Å². The summed E-state index contributed by atoms with van der Waals surface area (Å²) in [6.45, 7) is 3.88. The standard InChI is InChI=1S/C13H16O4/c1-9(2)13(8-16-12(15)17-13)11(14)10-6-4-3-5-7-10/h3-7,9,11,14H,8H2,1-2H3/t11-,13-/m0/s1. The SMILES string of the molecule is CC(C)[C@]1([C@@H](O)c2ccccc2)COC(=O)O1. The van der Waals surface area contributed by atoms with Gasteiger partial charge in [-0.2, -0.15) is 0 Å². The lowest BCUT2D eigenvalue weighted by atomic mass is 9.82. The van der Waals surface area contributed by atoms with E-state index in [1.54, 1.807) is 12.1 Å². The summed E-state index contributed by atoms with van der Waals surface area (Å²) in [5, 5.41) is 10.4. The van der Waals surface area contributed by atoms with Crippen LogP contribution in [-0.2, 0) is 9.47 Å². The second-order valence-electron chi connectivity index (χ2n) is 4.56. The Balaban J connectivity index is 2.32. The Bertz CT molecular complexity index is 401. The molecule has 2 atom stereocenters. The minimum absolute atomic E-state index is 0.0378. The molecule has 0 aliphatic carbocycles. The maximum atomic E-state index is 11.1. The molecule has 1 aliphatic rings. The maximum absolute atomic E-state index is 11.1. The summed E-state index contributed by atoms with van der Waals surface area (Å²) in [5.41, 5.74) is -0.266. The van der Waals surface area contributed by atoms with Gasteiger partial charge in [-0.1, -0.05) is 44.2 Å². The molecule has 17 heavy (non-hydrogen) atoms. The van der Waals surface area contributed by atoms with Crippen LogP contribution in [0.3, 0.4) is 0 Å². The van der Waals surface area contributed by atoms with E-state index in [2.05, 4.69) is 0 Å². The summed E-state index contributed by atoms with van der Waals surface area (Å²) >= 11 is 0. The van der Waals surface area contributed by atoms with Gasteiger partial charge in [0.1, 0.15) is 12.7 Å². The minimum Gasteiger partial charge on any atom is -0.430 e. The Kier molecular flexibility index (Phi) is 3.07. The number of carbonyl (C=O) groups excluding carboxylic acids is 1. The fourth-order valence-corrected chi connectivity index (χ4v) is 2.04. The van der Waals surface area contributed by atoms with Crippen LogP contribution in [0.2, 0.25) is 0 Å². The highest BCUT2D eigenvalue weighted by molar-refractivity contribution is 5.63. The highest BCUT2D eigenvalue weighted by atomic mass is 16.8. The summed E-state index contributed by atoms with van der Waals surface area (Å²) in [7, 11) is 0. The fourth-order valence-electron chi connectivity index (χ4n) is 2.04. The van der Waals surface area contributed by atoms with Crippen molar-refractivity contribution in [3.63, 3.8) is 0 Å². The van der Waals surface area contributed by atoms with E-state index >= 15 is 0 Å². The van der Waals surface area contributed by atoms with E-state index in [4.69, 9.17) is 9.47 Å². The number of rotatable bonds is 3. The summed E-state index contributed by atoms with van der Waals surface area (Å²) < 4.78 is 10.1. The summed E-state index contributed by atoms with van der Waals surface area (Å²) in [6.07, 6.45) is -1.59. The van der Waals surface area contributed by atoms with E-state index in [0.717, 1.165) is 5.56 Å². The number of ether oxygens (including phenoxy) is 2. The van der Waals surface area contributed by atoms with Gasteiger partial charge in [0, 0.05) is 0 Å². The number of hydrogen-bond acceptors (Lipinski definition) is 4. The van der Waals surface area contributed by atoms with E-state index in [1.807, 2.05) is 32.0 Å². The Morgan fingerprint density at radius 3 is 2.41 bits per heavy atom. The zero-order chi connectivity index (χ0) is 12.5. The Morgan fingerprint density at radius 1 is 1.29 bits per heavy atom. The van der Waals surface area contributed by atoms with Gasteiger partial charge >= 0.3 is 6.16 Å². The molecule has 0 bridgehead atoms. The fraction of sp³-hybridized carbons (Fsp3) is 0.462. The first-order chi connectivity index (χ1) is 8.06. The summed E-state index contributed by atoms with van der Waals surface area (Å²) in [6, 6.07) is 9.16. The van der Waals surface area contributed by atoms with Crippen LogP contribution in [0.25, 0.3) is 0 Å². The molecule has 92 valence electrons. The van der Waals surface area contributed by atoms with Crippen LogP contribution in [-0.4, -0.2) is 23.5 Å². The molecule has 0 spiro atoms. The molecule has 1 aromatic rings. The van der Waals surface area contributed by atoms with Gasteiger partial charge in [0.25, 0.3) is 0 Å². The van der Waals surface area contributed by atoms with Crippen molar-refractivity contribution in [2.45, 2.75) is 25.6 Å². The topological polar surface area (TPSA) is 55.8 Å². The minimum atomic E-state index is -0.988. The Morgan fingerprint density at radius 2 is 1.94 bits per heavy atom. The van der Waals surface area contributed by atoms with Crippen LogP contribution in [0.1, 0.15) is 25.5 Å².